The zero-order valence-corrected chi connectivity index (χ0v) is 15.1. The summed E-state index contributed by atoms with van der Waals surface area (Å²) in [5.41, 5.74) is 6.44. The van der Waals surface area contributed by atoms with Gasteiger partial charge in [-0.15, -0.1) is 0 Å². The van der Waals surface area contributed by atoms with E-state index in [2.05, 4.69) is 41.5 Å². The molecule has 0 spiro atoms. The first-order valence-corrected chi connectivity index (χ1v) is 7.83. The van der Waals surface area contributed by atoms with Crippen molar-refractivity contribution < 1.29 is 9.53 Å². The average molecular weight is 292 g/mol. The van der Waals surface area contributed by atoms with Gasteiger partial charge in [-0.05, 0) is 78.4 Å². The molecular weight excluding hydrogens is 260 g/mol. The average Bonchev–Trinajstić information content (AvgIpc) is 2.37. The van der Waals surface area contributed by atoms with Gasteiger partial charge in [-0.25, -0.2) is 4.79 Å². The molecule has 120 valence electrons. The Hall–Kier alpha value is -1.31. The first-order chi connectivity index (χ1) is 9.68. The molecule has 0 fully saturated rings. The predicted octanol–water partition coefficient (Wildman–Crippen LogP) is 5.60. The Morgan fingerprint density at radius 1 is 1.00 bits per heavy atom. The van der Waals surface area contributed by atoms with Crippen molar-refractivity contribution in [3.05, 3.63) is 33.9 Å². The summed E-state index contributed by atoms with van der Waals surface area (Å²) < 4.78 is 4.96. The Labute approximate surface area is 131 Å². The number of carbonyl (C=O) groups is 1. The van der Waals surface area contributed by atoms with E-state index in [4.69, 9.17) is 4.74 Å². The summed E-state index contributed by atoms with van der Waals surface area (Å²) in [5.74, 6) is 0.362. The van der Waals surface area contributed by atoms with Gasteiger partial charge in [-0.3, -0.25) is 0 Å². The Kier molecular flexibility index (Phi) is 9.00. The molecule has 2 nitrogen and oxygen atoms in total. The molecule has 0 saturated carbocycles. The lowest BCUT2D eigenvalue weighted by Crippen LogP contribution is -2.02. The first kappa shape index (κ1) is 19.7. The fourth-order valence-electron chi connectivity index (χ4n) is 2.28. The minimum Gasteiger partial charge on any atom is -0.463 e. The number of esters is 1. The van der Waals surface area contributed by atoms with Crippen molar-refractivity contribution in [3.63, 3.8) is 0 Å². The molecule has 0 radical (unpaired) electrons. The van der Waals surface area contributed by atoms with Crippen LogP contribution in [0.1, 0.15) is 68.2 Å². The van der Waals surface area contributed by atoms with Crippen LogP contribution >= 0.6 is 0 Å². The Balaban J connectivity index is 4.84. The van der Waals surface area contributed by atoms with Gasteiger partial charge in [0.25, 0.3) is 0 Å². The van der Waals surface area contributed by atoms with E-state index in [1.807, 2.05) is 13.8 Å². The van der Waals surface area contributed by atoms with Crippen LogP contribution in [0.4, 0.5) is 0 Å². The molecule has 0 rings (SSSR count). The van der Waals surface area contributed by atoms with Crippen molar-refractivity contribution in [2.45, 2.75) is 68.2 Å². The SMILES string of the molecule is CCOC(=O)C=C(C)C(C)=C(C)CC(C)CC(C)=C(C)C. The van der Waals surface area contributed by atoms with Gasteiger partial charge < -0.3 is 4.74 Å². The van der Waals surface area contributed by atoms with Gasteiger partial charge in [0, 0.05) is 6.08 Å². The van der Waals surface area contributed by atoms with Gasteiger partial charge >= 0.3 is 5.97 Å². The molecule has 0 aromatic rings. The van der Waals surface area contributed by atoms with E-state index >= 15 is 0 Å². The van der Waals surface area contributed by atoms with Crippen LogP contribution in [0.15, 0.2) is 33.9 Å². The molecule has 0 N–H and O–H groups in total. The largest absolute Gasteiger partial charge is 0.463 e. The van der Waals surface area contributed by atoms with Crippen molar-refractivity contribution >= 4 is 5.97 Å². The van der Waals surface area contributed by atoms with Crippen LogP contribution in [0.25, 0.3) is 0 Å². The van der Waals surface area contributed by atoms with Gasteiger partial charge in [-0.2, -0.15) is 0 Å². The second-order valence-electron chi connectivity index (χ2n) is 6.28. The van der Waals surface area contributed by atoms with E-state index in [1.165, 1.54) is 22.3 Å². The summed E-state index contributed by atoms with van der Waals surface area (Å²) in [5, 5.41) is 0. The number of hydrogen-bond donors (Lipinski definition) is 0. The first-order valence-electron chi connectivity index (χ1n) is 7.83. The van der Waals surface area contributed by atoms with E-state index in [0.29, 0.717) is 12.5 Å². The van der Waals surface area contributed by atoms with Crippen LogP contribution < -0.4 is 0 Å². The summed E-state index contributed by atoms with van der Waals surface area (Å²) >= 11 is 0. The number of ether oxygens (including phenoxy) is 1. The van der Waals surface area contributed by atoms with Gasteiger partial charge in [0.2, 0.25) is 0 Å². The topological polar surface area (TPSA) is 26.3 Å². The molecule has 0 aliphatic heterocycles. The van der Waals surface area contributed by atoms with Crippen molar-refractivity contribution in [3.8, 4) is 0 Å². The van der Waals surface area contributed by atoms with Crippen molar-refractivity contribution in [2.24, 2.45) is 5.92 Å². The highest BCUT2D eigenvalue weighted by Gasteiger charge is 2.09. The monoisotopic (exact) mass is 292 g/mol. The lowest BCUT2D eigenvalue weighted by molar-refractivity contribution is -0.137. The van der Waals surface area contributed by atoms with Crippen LogP contribution in [0.3, 0.4) is 0 Å². The highest BCUT2D eigenvalue weighted by Crippen LogP contribution is 2.24. The quantitative estimate of drug-likeness (QED) is 0.264. The number of rotatable bonds is 7. The molecule has 0 aromatic heterocycles. The van der Waals surface area contributed by atoms with Crippen LogP contribution in [-0.2, 0) is 9.53 Å². The molecule has 2 heteroatoms. The molecule has 0 aliphatic carbocycles. The minimum absolute atomic E-state index is 0.254. The normalized spacial score (nSPS) is 14.4. The number of carbonyl (C=O) groups excluding carboxylic acids is 1. The van der Waals surface area contributed by atoms with Gasteiger partial charge in [0.1, 0.15) is 0 Å². The van der Waals surface area contributed by atoms with E-state index in [0.717, 1.165) is 18.4 Å². The second-order valence-corrected chi connectivity index (χ2v) is 6.28. The third kappa shape index (κ3) is 7.89. The highest BCUT2D eigenvalue weighted by molar-refractivity contribution is 5.83. The zero-order chi connectivity index (χ0) is 16.6. The van der Waals surface area contributed by atoms with Crippen LogP contribution in [0.5, 0.6) is 0 Å². The van der Waals surface area contributed by atoms with E-state index in [9.17, 15) is 4.79 Å². The second kappa shape index (κ2) is 9.59. The fraction of sp³-hybridized carbons (Fsp3) is 0.632. The fourth-order valence-corrected chi connectivity index (χ4v) is 2.28. The maximum atomic E-state index is 11.5. The van der Waals surface area contributed by atoms with Crippen molar-refractivity contribution in [2.75, 3.05) is 6.61 Å². The lowest BCUT2D eigenvalue weighted by atomic mass is 9.90. The Morgan fingerprint density at radius 2 is 1.52 bits per heavy atom. The van der Waals surface area contributed by atoms with E-state index < -0.39 is 0 Å². The van der Waals surface area contributed by atoms with Gasteiger partial charge in [0.15, 0.2) is 0 Å². The molecular formula is C19H32O2. The smallest absolute Gasteiger partial charge is 0.331 e. The van der Waals surface area contributed by atoms with Crippen molar-refractivity contribution in [1.82, 2.24) is 0 Å². The maximum Gasteiger partial charge on any atom is 0.331 e. The third-order valence-electron chi connectivity index (χ3n) is 4.02. The minimum atomic E-state index is -0.254. The Morgan fingerprint density at radius 3 is 2.00 bits per heavy atom. The molecule has 21 heavy (non-hydrogen) atoms. The summed E-state index contributed by atoms with van der Waals surface area (Å²) in [6.07, 6.45) is 3.78. The van der Waals surface area contributed by atoms with Crippen LogP contribution in [0, 0.1) is 5.92 Å². The van der Waals surface area contributed by atoms with Gasteiger partial charge in [-0.1, -0.05) is 23.6 Å². The van der Waals surface area contributed by atoms with E-state index in [-0.39, 0.29) is 5.97 Å². The molecule has 0 aliphatic rings. The molecule has 0 aromatic carbocycles. The van der Waals surface area contributed by atoms with Crippen LogP contribution in [-0.4, -0.2) is 12.6 Å². The molecule has 0 bridgehead atoms. The zero-order valence-electron chi connectivity index (χ0n) is 15.1. The summed E-state index contributed by atoms with van der Waals surface area (Å²) in [4.78, 5) is 11.5. The lowest BCUT2D eigenvalue weighted by Gasteiger charge is -2.16. The summed E-state index contributed by atoms with van der Waals surface area (Å²) in [6, 6.07) is 0. The molecule has 1 atom stereocenters. The summed E-state index contributed by atoms with van der Waals surface area (Å²) in [6.45, 7) is 17.3. The molecule has 1 unspecified atom stereocenters. The highest BCUT2D eigenvalue weighted by atomic mass is 16.5. The third-order valence-corrected chi connectivity index (χ3v) is 4.02. The van der Waals surface area contributed by atoms with E-state index in [1.54, 1.807) is 6.08 Å². The summed E-state index contributed by atoms with van der Waals surface area (Å²) in [7, 11) is 0. The van der Waals surface area contributed by atoms with Gasteiger partial charge in [0.05, 0.1) is 6.61 Å². The maximum absolute atomic E-state index is 11.5. The molecule has 0 saturated heterocycles. The molecule has 0 amide bonds. The molecule has 0 heterocycles. The van der Waals surface area contributed by atoms with Crippen molar-refractivity contribution in [1.29, 1.82) is 0 Å². The van der Waals surface area contributed by atoms with Crippen LogP contribution in [0.2, 0.25) is 0 Å². The predicted molar refractivity (Wildman–Crippen MR) is 91.2 cm³/mol. The number of hydrogen-bond acceptors (Lipinski definition) is 2. The Bertz CT molecular complexity index is 446. The standard InChI is InChI=1S/C19H32O2/c1-9-21-19(20)12-17(7)18(8)16(6)11-14(4)10-15(5)13(2)3/h12,14H,9-11H2,1-8H3. The number of allylic oxidation sites excluding steroid dienone is 5.